The molecule has 0 bridgehead atoms. The highest BCUT2D eigenvalue weighted by Crippen LogP contribution is 2.30. The van der Waals surface area contributed by atoms with E-state index < -0.39 is 12.0 Å². The number of pyridine rings is 1. The molecule has 0 radical (unpaired) electrons. The molecule has 0 aliphatic carbocycles. The van der Waals surface area contributed by atoms with Gasteiger partial charge in [0.05, 0.1) is 12.8 Å². The van der Waals surface area contributed by atoms with Crippen molar-refractivity contribution in [2.24, 2.45) is 0 Å². The summed E-state index contributed by atoms with van der Waals surface area (Å²) in [5.41, 5.74) is 1.77. The molecule has 2 aromatic rings. The largest absolute Gasteiger partial charge is 0.495 e. The highest BCUT2D eigenvalue weighted by Gasteiger charge is 2.30. The lowest BCUT2D eigenvalue weighted by atomic mass is 10.1. The lowest BCUT2D eigenvalue weighted by molar-refractivity contribution is -0.143. The smallest absolute Gasteiger partial charge is 0.325 e. The van der Waals surface area contributed by atoms with Crippen molar-refractivity contribution in [1.29, 1.82) is 0 Å². The Morgan fingerprint density at radius 1 is 1.17 bits per heavy atom. The number of ether oxygens (including phenoxy) is 1. The highest BCUT2D eigenvalue weighted by molar-refractivity contribution is 5.75. The maximum Gasteiger partial charge on any atom is 0.325 e. The van der Waals surface area contributed by atoms with E-state index in [-0.39, 0.29) is 0 Å². The fraction of sp³-hybridized carbons (Fsp3) is 0.333. The molecular formula is C18H21N3O3. The standard InChI is InChI=1S/C18H21N3O3/c1-24-16-7-3-2-6-15(16)20-9-11-21(12-10-20)17(18(22)23)14-5-4-8-19-13-14/h2-8,13,17H,9-12H2,1H3,(H,22,23). The molecule has 6 nitrogen and oxygen atoms in total. The molecule has 1 aliphatic rings. The zero-order valence-electron chi connectivity index (χ0n) is 13.6. The maximum atomic E-state index is 11.7. The lowest BCUT2D eigenvalue weighted by Crippen LogP contribution is -2.49. The summed E-state index contributed by atoms with van der Waals surface area (Å²) in [6.45, 7) is 2.85. The van der Waals surface area contributed by atoms with Crippen LogP contribution < -0.4 is 9.64 Å². The number of aliphatic carboxylic acids is 1. The summed E-state index contributed by atoms with van der Waals surface area (Å²) in [7, 11) is 1.66. The van der Waals surface area contributed by atoms with Gasteiger partial charge >= 0.3 is 5.97 Å². The van der Waals surface area contributed by atoms with Gasteiger partial charge < -0.3 is 14.7 Å². The van der Waals surface area contributed by atoms with Gasteiger partial charge in [-0.15, -0.1) is 0 Å². The van der Waals surface area contributed by atoms with Crippen LogP contribution in [0.1, 0.15) is 11.6 Å². The molecule has 1 saturated heterocycles. The highest BCUT2D eigenvalue weighted by atomic mass is 16.5. The van der Waals surface area contributed by atoms with E-state index in [2.05, 4.69) is 9.88 Å². The molecular weight excluding hydrogens is 306 g/mol. The van der Waals surface area contributed by atoms with Gasteiger partial charge in [-0.3, -0.25) is 14.7 Å². The van der Waals surface area contributed by atoms with E-state index in [9.17, 15) is 9.90 Å². The third-order valence-electron chi connectivity index (χ3n) is 4.34. The predicted octanol–water partition coefficient (Wildman–Crippen LogP) is 2.04. The van der Waals surface area contributed by atoms with Crippen LogP contribution in [0.15, 0.2) is 48.8 Å². The number of aromatic nitrogens is 1. The van der Waals surface area contributed by atoms with E-state index >= 15 is 0 Å². The minimum Gasteiger partial charge on any atom is -0.495 e. The Morgan fingerprint density at radius 2 is 1.92 bits per heavy atom. The molecule has 1 N–H and O–H groups in total. The number of carboxylic acid groups (broad SMARTS) is 1. The van der Waals surface area contributed by atoms with Crippen LogP contribution in [0.2, 0.25) is 0 Å². The zero-order chi connectivity index (χ0) is 16.9. The van der Waals surface area contributed by atoms with Gasteiger partial charge in [-0.2, -0.15) is 0 Å². The van der Waals surface area contributed by atoms with Crippen molar-refractivity contribution in [3.05, 3.63) is 54.4 Å². The molecule has 1 fully saturated rings. The fourth-order valence-electron chi connectivity index (χ4n) is 3.16. The number of hydrogen-bond acceptors (Lipinski definition) is 5. The van der Waals surface area contributed by atoms with E-state index in [0.717, 1.165) is 30.1 Å². The summed E-state index contributed by atoms with van der Waals surface area (Å²) >= 11 is 0. The average Bonchev–Trinajstić information content (AvgIpc) is 2.63. The maximum absolute atomic E-state index is 11.7. The molecule has 0 saturated carbocycles. The van der Waals surface area contributed by atoms with Crippen LogP contribution in [-0.2, 0) is 4.79 Å². The normalized spacial score (nSPS) is 16.6. The Balaban J connectivity index is 1.73. The first-order valence-corrected chi connectivity index (χ1v) is 7.95. The molecule has 3 rings (SSSR count). The zero-order valence-corrected chi connectivity index (χ0v) is 13.6. The Bertz CT molecular complexity index is 685. The van der Waals surface area contributed by atoms with Gasteiger partial charge in [0.1, 0.15) is 11.8 Å². The van der Waals surface area contributed by atoms with E-state index in [1.165, 1.54) is 0 Å². The quantitative estimate of drug-likeness (QED) is 0.906. The number of carbonyl (C=O) groups is 1. The monoisotopic (exact) mass is 327 g/mol. The van der Waals surface area contributed by atoms with Gasteiger partial charge in [0, 0.05) is 38.6 Å². The number of hydrogen-bond donors (Lipinski definition) is 1. The van der Waals surface area contributed by atoms with Crippen molar-refractivity contribution >= 4 is 11.7 Å². The summed E-state index contributed by atoms with van der Waals surface area (Å²) in [4.78, 5) is 20.0. The van der Waals surface area contributed by atoms with E-state index in [0.29, 0.717) is 13.1 Å². The molecule has 0 amide bonds. The molecule has 1 aromatic heterocycles. The summed E-state index contributed by atoms with van der Waals surface area (Å²) in [6, 6.07) is 10.8. The number of rotatable bonds is 5. The number of para-hydroxylation sites is 2. The van der Waals surface area contributed by atoms with Gasteiger partial charge in [-0.25, -0.2) is 0 Å². The van der Waals surface area contributed by atoms with Crippen molar-refractivity contribution in [2.45, 2.75) is 6.04 Å². The third kappa shape index (κ3) is 3.33. The van der Waals surface area contributed by atoms with E-state index in [4.69, 9.17) is 4.74 Å². The SMILES string of the molecule is COc1ccccc1N1CCN(C(C(=O)O)c2cccnc2)CC1. The van der Waals surface area contributed by atoms with Crippen molar-refractivity contribution in [1.82, 2.24) is 9.88 Å². The van der Waals surface area contributed by atoms with Crippen LogP contribution in [0.4, 0.5) is 5.69 Å². The van der Waals surface area contributed by atoms with Crippen molar-refractivity contribution in [3.8, 4) is 5.75 Å². The van der Waals surface area contributed by atoms with Crippen molar-refractivity contribution < 1.29 is 14.6 Å². The molecule has 2 heterocycles. The summed E-state index contributed by atoms with van der Waals surface area (Å²) in [5, 5.41) is 9.64. The number of methoxy groups -OCH3 is 1. The second-order valence-corrected chi connectivity index (χ2v) is 5.72. The molecule has 0 spiro atoms. The van der Waals surface area contributed by atoms with Crippen LogP contribution in [0.3, 0.4) is 0 Å². The fourth-order valence-corrected chi connectivity index (χ4v) is 3.16. The summed E-state index contributed by atoms with van der Waals surface area (Å²) in [6.07, 6.45) is 3.29. The average molecular weight is 327 g/mol. The topological polar surface area (TPSA) is 65.9 Å². The summed E-state index contributed by atoms with van der Waals surface area (Å²) < 4.78 is 5.42. The Hall–Kier alpha value is -2.60. The number of anilines is 1. The molecule has 1 unspecified atom stereocenters. The lowest BCUT2D eigenvalue weighted by Gasteiger charge is -2.39. The number of carboxylic acids is 1. The molecule has 24 heavy (non-hydrogen) atoms. The molecule has 1 aromatic carbocycles. The van der Waals surface area contributed by atoms with Crippen LogP contribution in [0, 0.1) is 0 Å². The van der Waals surface area contributed by atoms with Crippen LogP contribution >= 0.6 is 0 Å². The van der Waals surface area contributed by atoms with Crippen molar-refractivity contribution in [2.75, 3.05) is 38.2 Å². The van der Waals surface area contributed by atoms with E-state index in [1.807, 2.05) is 35.2 Å². The van der Waals surface area contributed by atoms with Gasteiger partial charge in [0.15, 0.2) is 0 Å². The Morgan fingerprint density at radius 3 is 2.54 bits per heavy atom. The van der Waals surface area contributed by atoms with Crippen LogP contribution in [0.5, 0.6) is 5.75 Å². The Labute approximate surface area is 141 Å². The molecule has 126 valence electrons. The van der Waals surface area contributed by atoms with Crippen molar-refractivity contribution in [3.63, 3.8) is 0 Å². The number of nitrogens with zero attached hydrogens (tertiary/aromatic N) is 3. The van der Waals surface area contributed by atoms with E-state index in [1.54, 1.807) is 25.6 Å². The predicted molar refractivity (Wildman–Crippen MR) is 91.4 cm³/mol. The first kappa shape index (κ1) is 16.3. The molecule has 6 heteroatoms. The number of piperazine rings is 1. The minimum absolute atomic E-state index is 0.654. The minimum atomic E-state index is -0.839. The van der Waals surface area contributed by atoms with Crippen LogP contribution in [0.25, 0.3) is 0 Å². The first-order chi connectivity index (χ1) is 11.7. The van der Waals surface area contributed by atoms with Gasteiger partial charge in [-0.1, -0.05) is 18.2 Å². The molecule has 1 atom stereocenters. The third-order valence-corrected chi connectivity index (χ3v) is 4.34. The van der Waals surface area contributed by atoms with Crippen LogP contribution in [-0.4, -0.2) is 54.2 Å². The summed E-state index contributed by atoms with van der Waals surface area (Å²) in [5.74, 6) is 0.00161. The van der Waals surface area contributed by atoms with Gasteiger partial charge in [0.2, 0.25) is 0 Å². The Kier molecular flexibility index (Phi) is 4.96. The van der Waals surface area contributed by atoms with Gasteiger partial charge in [-0.05, 0) is 23.8 Å². The molecule has 1 aliphatic heterocycles. The van der Waals surface area contributed by atoms with Gasteiger partial charge in [0.25, 0.3) is 0 Å². The second-order valence-electron chi connectivity index (χ2n) is 5.72. The second kappa shape index (κ2) is 7.31. The first-order valence-electron chi connectivity index (χ1n) is 7.95. The number of benzene rings is 1.